The van der Waals surface area contributed by atoms with Crippen LogP contribution in [0, 0.1) is 6.92 Å². The zero-order valence-corrected chi connectivity index (χ0v) is 14.1. The smallest absolute Gasteiger partial charge is 0.243 e. The molecule has 1 fully saturated rings. The van der Waals surface area contributed by atoms with E-state index in [1.54, 1.807) is 16.7 Å². The van der Waals surface area contributed by atoms with Gasteiger partial charge in [-0.3, -0.25) is 9.59 Å². The van der Waals surface area contributed by atoms with Gasteiger partial charge >= 0.3 is 0 Å². The van der Waals surface area contributed by atoms with Crippen LogP contribution < -0.4 is 4.90 Å². The Kier molecular flexibility index (Phi) is 3.99. The molecule has 0 unspecified atom stereocenters. The van der Waals surface area contributed by atoms with Crippen molar-refractivity contribution in [3.63, 3.8) is 0 Å². The molecule has 7 heteroatoms. The Labute approximate surface area is 145 Å². The highest BCUT2D eigenvalue weighted by Crippen LogP contribution is 2.32. The van der Waals surface area contributed by atoms with Crippen LogP contribution in [0.3, 0.4) is 0 Å². The lowest BCUT2D eigenvalue weighted by Gasteiger charge is -2.31. The third kappa shape index (κ3) is 2.90. The lowest BCUT2D eigenvalue weighted by atomic mass is 10.0. The average molecular weight is 340 g/mol. The quantitative estimate of drug-likeness (QED) is 0.854. The third-order valence-corrected chi connectivity index (χ3v) is 4.90. The van der Waals surface area contributed by atoms with Gasteiger partial charge < -0.3 is 14.3 Å². The molecule has 0 saturated carbocycles. The predicted octanol–water partition coefficient (Wildman–Crippen LogP) is 2.02. The van der Waals surface area contributed by atoms with Crippen LogP contribution in [-0.2, 0) is 16.0 Å². The molecule has 2 aromatic rings. The van der Waals surface area contributed by atoms with Crippen molar-refractivity contribution in [2.24, 2.45) is 0 Å². The summed E-state index contributed by atoms with van der Waals surface area (Å²) in [4.78, 5) is 32.9. The normalized spacial score (nSPS) is 20.0. The summed E-state index contributed by atoms with van der Waals surface area (Å²) in [5.74, 6) is 0.969. The molecule has 1 saturated heterocycles. The van der Waals surface area contributed by atoms with Gasteiger partial charge in [-0.2, -0.15) is 4.98 Å². The van der Waals surface area contributed by atoms with Crippen LogP contribution in [0.25, 0.3) is 0 Å². The summed E-state index contributed by atoms with van der Waals surface area (Å²) >= 11 is 0. The van der Waals surface area contributed by atoms with Crippen molar-refractivity contribution in [1.29, 1.82) is 0 Å². The number of fused-ring (bicyclic) bond motifs is 1. The summed E-state index contributed by atoms with van der Waals surface area (Å²) in [5, 5.41) is 3.97. The summed E-state index contributed by atoms with van der Waals surface area (Å²) < 4.78 is 5.05. The summed E-state index contributed by atoms with van der Waals surface area (Å²) in [6.45, 7) is 2.45. The minimum atomic E-state index is -0.167. The standard InChI is InChI=1S/C18H20N4O3/c1-12-19-18(20-25-12)15-7-4-10-21(15)17(24)11-22-14-6-3-2-5-13(14)8-9-16(22)23/h2-3,5-6,15H,4,7-11H2,1H3/t15-/m1/s1. The van der Waals surface area contributed by atoms with Crippen molar-refractivity contribution in [3.05, 3.63) is 41.5 Å². The highest BCUT2D eigenvalue weighted by atomic mass is 16.5. The molecule has 1 aromatic carbocycles. The first kappa shape index (κ1) is 15.8. The second-order valence-corrected chi connectivity index (χ2v) is 6.53. The largest absolute Gasteiger partial charge is 0.340 e. The van der Waals surface area contributed by atoms with Crippen molar-refractivity contribution in [2.45, 2.75) is 38.6 Å². The Morgan fingerprint density at radius 1 is 1.32 bits per heavy atom. The number of carbonyl (C=O) groups is 2. The van der Waals surface area contributed by atoms with E-state index in [1.807, 2.05) is 24.3 Å². The molecule has 4 rings (SSSR count). The maximum atomic E-state index is 12.9. The van der Waals surface area contributed by atoms with Gasteiger partial charge in [-0.1, -0.05) is 23.4 Å². The summed E-state index contributed by atoms with van der Waals surface area (Å²) in [5.41, 5.74) is 1.96. The van der Waals surface area contributed by atoms with Crippen LogP contribution in [0.15, 0.2) is 28.8 Å². The Bertz CT molecular complexity index is 816. The molecule has 0 N–H and O–H groups in total. The molecule has 0 spiro atoms. The molecule has 2 aliphatic rings. The van der Waals surface area contributed by atoms with E-state index >= 15 is 0 Å². The number of hydrogen-bond donors (Lipinski definition) is 0. The Morgan fingerprint density at radius 2 is 2.16 bits per heavy atom. The predicted molar refractivity (Wildman–Crippen MR) is 89.8 cm³/mol. The van der Waals surface area contributed by atoms with E-state index in [2.05, 4.69) is 10.1 Å². The number of aryl methyl sites for hydroxylation is 2. The van der Waals surface area contributed by atoms with Gasteiger partial charge in [-0.05, 0) is 30.9 Å². The molecule has 0 bridgehead atoms. The van der Waals surface area contributed by atoms with Crippen molar-refractivity contribution in [1.82, 2.24) is 15.0 Å². The Balaban J connectivity index is 1.54. The first-order valence-electron chi connectivity index (χ1n) is 8.61. The molecule has 2 amide bonds. The van der Waals surface area contributed by atoms with Crippen LogP contribution in [0.4, 0.5) is 5.69 Å². The van der Waals surface area contributed by atoms with Crippen LogP contribution in [0.1, 0.15) is 42.6 Å². The van der Waals surface area contributed by atoms with Crippen molar-refractivity contribution in [2.75, 3.05) is 18.0 Å². The van der Waals surface area contributed by atoms with Crippen LogP contribution >= 0.6 is 0 Å². The molecular formula is C18H20N4O3. The Morgan fingerprint density at radius 3 is 2.96 bits per heavy atom. The molecule has 0 radical (unpaired) electrons. The fourth-order valence-corrected chi connectivity index (χ4v) is 3.68. The number of benzene rings is 1. The van der Waals surface area contributed by atoms with Crippen molar-refractivity contribution >= 4 is 17.5 Å². The molecule has 0 aliphatic carbocycles. The van der Waals surface area contributed by atoms with E-state index < -0.39 is 0 Å². The van der Waals surface area contributed by atoms with Gasteiger partial charge in [0, 0.05) is 25.6 Å². The van der Waals surface area contributed by atoms with Crippen LogP contribution in [-0.4, -0.2) is 39.9 Å². The molecule has 25 heavy (non-hydrogen) atoms. The SMILES string of the molecule is Cc1nc([C@H]2CCCN2C(=O)CN2C(=O)CCc3ccccc32)no1. The molecule has 3 heterocycles. The highest BCUT2D eigenvalue weighted by molar-refractivity contribution is 6.01. The number of rotatable bonds is 3. The number of hydrogen-bond acceptors (Lipinski definition) is 5. The maximum absolute atomic E-state index is 12.9. The number of para-hydroxylation sites is 1. The molecule has 130 valence electrons. The first-order valence-corrected chi connectivity index (χ1v) is 8.61. The third-order valence-electron chi connectivity index (χ3n) is 4.90. The summed E-state index contributed by atoms with van der Waals surface area (Å²) in [6.07, 6.45) is 2.88. The minimum absolute atomic E-state index is 0.00166. The van der Waals surface area contributed by atoms with Crippen LogP contribution in [0.5, 0.6) is 0 Å². The zero-order chi connectivity index (χ0) is 17.4. The average Bonchev–Trinajstić information content (AvgIpc) is 3.26. The van der Waals surface area contributed by atoms with E-state index in [4.69, 9.17) is 4.52 Å². The number of nitrogens with zero attached hydrogens (tertiary/aromatic N) is 4. The fourth-order valence-electron chi connectivity index (χ4n) is 3.68. The topological polar surface area (TPSA) is 79.5 Å². The fraction of sp³-hybridized carbons (Fsp3) is 0.444. The van der Waals surface area contributed by atoms with Gasteiger partial charge in [0.1, 0.15) is 6.54 Å². The molecule has 1 aromatic heterocycles. The van der Waals surface area contributed by atoms with Crippen molar-refractivity contribution < 1.29 is 14.1 Å². The molecule has 7 nitrogen and oxygen atoms in total. The lowest BCUT2D eigenvalue weighted by Crippen LogP contribution is -2.44. The van der Waals surface area contributed by atoms with Gasteiger partial charge in [-0.25, -0.2) is 0 Å². The minimum Gasteiger partial charge on any atom is -0.340 e. The Hall–Kier alpha value is -2.70. The van der Waals surface area contributed by atoms with E-state index in [9.17, 15) is 9.59 Å². The van der Waals surface area contributed by atoms with Gasteiger partial charge in [0.2, 0.25) is 17.7 Å². The van der Waals surface area contributed by atoms with Crippen LogP contribution in [0.2, 0.25) is 0 Å². The number of carbonyl (C=O) groups excluding carboxylic acids is 2. The second-order valence-electron chi connectivity index (χ2n) is 6.53. The van der Waals surface area contributed by atoms with E-state index in [0.29, 0.717) is 24.7 Å². The van der Waals surface area contributed by atoms with Gasteiger partial charge in [-0.15, -0.1) is 0 Å². The van der Waals surface area contributed by atoms with E-state index in [-0.39, 0.29) is 24.4 Å². The summed E-state index contributed by atoms with van der Waals surface area (Å²) in [7, 11) is 0. The number of anilines is 1. The van der Waals surface area contributed by atoms with Gasteiger partial charge in [0.05, 0.1) is 6.04 Å². The monoisotopic (exact) mass is 340 g/mol. The number of likely N-dealkylation sites (tertiary alicyclic amines) is 1. The number of amides is 2. The summed E-state index contributed by atoms with van der Waals surface area (Å²) in [6, 6.07) is 7.61. The lowest BCUT2D eigenvalue weighted by molar-refractivity contribution is -0.132. The molecular weight excluding hydrogens is 320 g/mol. The maximum Gasteiger partial charge on any atom is 0.243 e. The van der Waals surface area contributed by atoms with Crippen molar-refractivity contribution in [3.8, 4) is 0 Å². The second kappa shape index (κ2) is 6.31. The number of aromatic nitrogens is 2. The zero-order valence-electron chi connectivity index (χ0n) is 14.1. The van der Waals surface area contributed by atoms with E-state index in [1.165, 1.54) is 0 Å². The molecule has 1 atom stereocenters. The highest BCUT2D eigenvalue weighted by Gasteiger charge is 2.35. The van der Waals surface area contributed by atoms with Gasteiger partial charge in [0.15, 0.2) is 5.82 Å². The van der Waals surface area contributed by atoms with E-state index in [0.717, 1.165) is 30.5 Å². The van der Waals surface area contributed by atoms with Gasteiger partial charge in [0.25, 0.3) is 0 Å². The molecule has 2 aliphatic heterocycles. The first-order chi connectivity index (χ1) is 12.1.